The van der Waals surface area contributed by atoms with Crippen LogP contribution in [0.2, 0.25) is 0 Å². The third-order valence-corrected chi connectivity index (χ3v) is 19.6. The number of furan rings is 1. The maximum atomic E-state index is 6.98. The Balaban J connectivity index is 1.11. The lowest BCUT2D eigenvalue weighted by atomic mass is 9.61. The van der Waals surface area contributed by atoms with Crippen LogP contribution in [-0.2, 0) is 27.1 Å². The van der Waals surface area contributed by atoms with Gasteiger partial charge < -0.3 is 19.1 Å². The van der Waals surface area contributed by atoms with Crippen LogP contribution in [0.5, 0.6) is 0 Å². The van der Waals surface area contributed by atoms with Crippen molar-refractivity contribution < 1.29 is 4.42 Å². The molecule has 0 fully saturated rings. The zero-order valence-electron chi connectivity index (χ0n) is 49.9. The molecule has 1 atom stereocenters. The van der Waals surface area contributed by atoms with Gasteiger partial charge in [-0.3, -0.25) is 0 Å². The van der Waals surface area contributed by atoms with E-state index >= 15 is 0 Å². The van der Waals surface area contributed by atoms with Crippen molar-refractivity contribution in [1.82, 2.24) is 0 Å². The molecule has 11 aromatic rings. The Kier molecular flexibility index (Phi) is 11.1. The smallest absolute Gasteiger partial charge is 0.137 e. The molecule has 4 nitrogen and oxygen atoms in total. The lowest BCUT2D eigenvalue weighted by molar-refractivity contribution is 0.331. The summed E-state index contributed by atoms with van der Waals surface area (Å²) in [7, 11) is 0. The quantitative estimate of drug-likeness (QED) is 0.166. The lowest BCUT2D eigenvalue weighted by Crippen LogP contribution is -2.42. The van der Waals surface area contributed by atoms with Gasteiger partial charge in [0.25, 0.3) is 0 Å². The minimum Gasteiger partial charge on any atom is -0.456 e. The van der Waals surface area contributed by atoms with Crippen molar-refractivity contribution >= 4 is 67.4 Å². The Bertz CT molecular complexity index is 4320. The van der Waals surface area contributed by atoms with Crippen LogP contribution < -0.4 is 14.7 Å². The highest BCUT2D eigenvalue weighted by Crippen LogP contribution is 2.67. The topological polar surface area (TPSA) is 22.9 Å². The number of anilines is 8. The highest BCUT2D eigenvalue weighted by Gasteiger charge is 2.52. The summed E-state index contributed by atoms with van der Waals surface area (Å²) >= 11 is 0. The summed E-state index contributed by atoms with van der Waals surface area (Å²) in [5.41, 5.74) is 27.2. The molecular formula is C79H73N3O. The van der Waals surface area contributed by atoms with Crippen molar-refractivity contribution in [1.29, 1.82) is 0 Å². The van der Waals surface area contributed by atoms with Crippen LogP contribution in [0.3, 0.4) is 0 Å². The van der Waals surface area contributed by atoms with E-state index in [1.807, 2.05) is 0 Å². The standard InChI is InChI=1S/C79H73N3O/c1-49-43-64-65(78(10,11)42-41-77(64,8)9)47-67(49)82-68-48-71-60(57-27-18-21-32-70(57)83-71)46-59(68)61-44-56(80(54-37-33-50(34-38-54)75(2,3)4)55-39-35-51(36-40-55)76(5,6)7)45-69-72(61)74(82)58-28-22-30-63-73(58)81(69)66-31-20-19-29-62(66)79(63,52-23-14-12-15-24-52)53-25-16-13-17-26-53/h12-40,43-48,74H,41-42H2,1-11H3. The van der Waals surface area contributed by atoms with E-state index in [1.165, 1.54) is 95.1 Å². The molecule has 0 saturated carbocycles. The lowest BCUT2D eigenvalue weighted by Gasteiger charge is -2.53. The number of nitrogens with zero attached hydrogens (tertiary/aromatic N) is 3. The molecule has 0 bridgehead atoms. The maximum Gasteiger partial charge on any atom is 0.137 e. The highest BCUT2D eigenvalue weighted by molar-refractivity contribution is 6.11. The maximum absolute atomic E-state index is 6.98. The fraction of sp³-hybridized carbons (Fsp3) is 0.241. The van der Waals surface area contributed by atoms with Crippen molar-refractivity contribution in [3.05, 3.63) is 274 Å². The van der Waals surface area contributed by atoms with Gasteiger partial charge in [-0.05, 0) is 158 Å². The van der Waals surface area contributed by atoms with Crippen molar-refractivity contribution in [2.24, 2.45) is 0 Å². The summed E-state index contributed by atoms with van der Waals surface area (Å²) < 4.78 is 6.98. The fourth-order valence-electron chi connectivity index (χ4n) is 15.1. The van der Waals surface area contributed by atoms with Crippen LogP contribution in [0.15, 0.2) is 217 Å². The molecule has 410 valence electrons. The average Bonchev–Trinajstić information content (AvgIpc) is 0.762. The molecule has 4 heteroatoms. The number of aryl methyl sites for hydroxylation is 1. The first-order chi connectivity index (χ1) is 39.8. The molecule has 3 aliphatic heterocycles. The number of fused-ring (bicyclic) bond motifs is 10. The Morgan fingerprint density at radius 3 is 1.64 bits per heavy atom. The van der Waals surface area contributed by atoms with Gasteiger partial charge in [-0.25, -0.2) is 0 Å². The Labute approximate surface area is 490 Å². The van der Waals surface area contributed by atoms with Crippen molar-refractivity contribution in [3.63, 3.8) is 0 Å². The summed E-state index contributed by atoms with van der Waals surface area (Å²) in [6, 6.07) is 81.2. The summed E-state index contributed by atoms with van der Waals surface area (Å²) in [5, 5.41) is 2.24. The van der Waals surface area contributed by atoms with Gasteiger partial charge >= 0.3 is 0 Å². The molecule has 0 spiro atoms. The molecule has 4 heterocycles. The van der Waals surface area contributed by atoms with E-state index < -0.39 is 5.41 Å². The zero-order chi connectivity index (χ0) is 57.1. The van der Waals surface area contributed by atoms with Gasteiger partial charge in [0.2, 0.25) is 0 Å². The second-order valence-electron chi connectivity index (χ2n) is 27.6. The summed E-state index contributed by atoms with van der Waals surface area (Å²) in [5.74, 6) is 0. The van der Waals surface area contributed by atoms with E-state index in [-0.39, 0.29) is 27.7 Å². The molecule has 0 amide bonds. The molecule has 0 radical (unpaired) electrons. The summed E-state index contributed by atoms with van der Waals surface area (Å²) in [6.07, 6.45) is 2.28. The number of para-hydroxylation sites is 3. The normalized spacial score (nSPS) is 16.9. The second-order valence-corrected chi connectivity index (χ2v) is 27.6. The molecule has 1 aromatic heterocycles. The Morgan fingerprint density at radius 1 is 0.446 bits per heavy atom. The minimum atomic E-state index is -0.663. The molecule has 1 aliphatic carbocycles. The van der Waals surface area contributed by atoms with Crippen LogP contribution in [0, 0.1) is 6.92 Å². The molecule has 10 aromatic carbocycles. The van der Waals surface area contributed by atoms with Gasteiger partial charge in [-0.15, -0.1) is 0 Å². The molecule has 83 heavy (non-hydrogen) atoms. The summed E-state index contributed by atoms with van der Waals surface area (Å²) in [4.78, 5) is 7.93. The third kappa shape index (κ3) is 7.57. The van der Waals surface area contributed by atoms with Crippen molar-refractivity contribution in [2.45, 2.75) is 122 Å². The van der Waals surface area contributed by atoms with Gasteiger partial charge in [-0.1, -0.05) is 215 Å². The van der Waals surface area contributed by atoms with Crippen molar-refractivity contribution in [3.8, 4) is 11.1 Å². The van der Waals surface area contributed by atoms with Crippen LogP contribution in [0.25, 0.3) is 33.1 Å². The number of benzene rings is 10. The van der Waals surface area contributed by atoms with Crippen LogP contribution >= 0.6 is 0 Å². The van der Waals surface area contributed by atoms with E-state index in [1.54, 1.807) is 0 Å². The van der Waals surface area contributed by atoms with Gasteiger partial charge in [0.05, 0.1) is 34.2 Å². The summed E-state index contributed by atoms with van der Waals surface area (Å²) in [6.45, 7) is 26.0. The molecule has 15 rings (SSSR count). The third-order valence-electron chi connectivity index (χ3n) is 19.6. The van der Waals surface area contributed by atoms with Gasteiger partial charge in [-0.2, -0.15) is 0 Å². The predicted octanol–water partition coefficient (Wildman–Crippen LogP) is 21.7. The van der Waals surface area contributed by atoms with E-state index in [2.05, 4.69) is 303 Å². The minimum absolute atomic E-state index is 0.00919. The largest absolute Gasteiger partial charge is 0.456 e. The van der Waals surface area contributed by atoms with Gasteiger partial charge in [0, 0.05) is 56.3 Å². The Hall–Kier alpha value is -8.60. The first kappa shape index (κ1) is 51.3. The SMILES string of the molecule is Cc1cc2c(cc1N1c3cc4oc5ccccc5c4cc3-c3cc(N(c4ccc(C(C)(C)C)cc4)c4ccc(C(C)(C)C)cc4)cc4c3C1c1cccc3c1N4c1ccccc1C3(c1ccccc1)c1ccccc1)C(C)(C)CCC2(C)C. The Morgan fingerprint density at radius 2 is 1.01 bits per heavy atom. The van der Waals surface area contributed by atoms with E-state index in [0.717, 1.165) is 57.5 Å². The van der Waals surface area contributed by atoms with Gasteiger partial charge in [0.1, 0.15) is 11.2 Å². The number of rotatable bonds is 6. The zero-order valence-corrected chi connectivity index (χ0v) is 49.9. The van der Waals surface area contributed by atoms with E-state index in [0.29, 0.717) is 0 Å². The van der Waals surface area contributed by atoms with Crippen molar-refractivity contribution in [2.75, 3.05) is 14.7 Å². The molecule has 0 saturated heterocycles. The predicted molar refractivity (Wildman–Crippen MR) is 348 cm³/mol. The second kappa shape index (κ2) is 18.0. The van der Waals surface area contributed by atoms with E-state index in [9.17, 15) is 0 Å². The number of hydrogen-bond acceptors (Lipinski definition) is 4. The molecular weight excluding hydrogens is 1010 g/mol. The van der Waals surface area contributed by atoms with E-state index in [4.69, 9.17) is 4.42 Å². The van der Waals surface area contributed by atoms with Crippen LogP contribution in [0.4, 0.5) is 45.5 Å². The van der Waals surface area contributed by atoms with Crippen LogP contribution in [-0.4, -0.2) is 0 Å². The van der Waals surface area contributed by atoms with Gasteiger partial charge in [0.15, 0.2) is 0 Å². The molecule has 0 N–H and O–H groups in total. The number of hydrogen-bond donors (Lipinski definition) is 0. The fourth-order valence-corrected chi connectivity index (χ4v) is 15.1. The average molecular weight is 1080 g/mol. The van der Waals surface area contributed by atoms with Crippen LogP contribution in [0.1, 0.15) is 149 Å². The first-order valence-electron chi connectivity index (χ1n) is 30.1. The molecule has 4 aliphatic rings. The monoisotopic (exact) mass is 1080 g/mol. The first-order valence-corrected chi connectivity index (χ1v) is 30.1. The molecule has 1 unspecified atom stereocenters. The highest BCUT2D eigenvalue weighted by atomic mass is 16.3.